The Balaban J connectivity index is 2.02. The summed E-state index contributed by atoms with van der Waals surface area (Å²) in [6.45, 7) is 4.35. The second kappa shape index (κ2) is 9.54. The van der Waals surface area contributed by atoms with E-state index in [-0.39, 0.29) is 24.7 Å². The van der Waals surface area contributed by atoms with Gasteiger partial charge in [0.15, 0.2) is 0 Å². The number of hydrogen-bond donors (Lipinski definition) is 4. The SMILES string of the molecule is CC(C)c1ccc(NC(=O)CNc2cc([N+](=O)[O-])ccc2NCCO)cc1. The first-order valence-corrected chi connectivity index (χ1v) is 8.67. The highest BCUT2D eigenvalue weighted by molar-refractivity contribution is 5.94. The van der Waals surface area contributed by atoms with E-state index in [9.17, 15) is 14.9 Å². The summed E-state index contributed by atoms with van der Waals surface area (Å²) in [6.07, 6.45) is 0. The van der Waals surface area contributed by atoms with Gasteiger partial charge >= 0.3 is 0 Å². The van der Waals surface area contributed by atoms with Crippen LogP contribution < -0.4 is 16.0 Å². The lowest BCUT2D eigenvalue weighted by Crippen LogP contribution is -2.22. The second-order valence-corrected chi connectivity index (χ2v) is 6.32. The number of non-ortho nitro benzene ring substituents is 1. The van der Waals surface area contributed by atoms with Crippen molar-refractivity contribution in [2.75, 3.05) is 35.6 Å². The zero-order chi connectivity index (χ0) is 19.8. The molecule has 8 nitrogen and oxygen atoms in total. The zero-order valence-electron chi connectivity index (χ0n) is 15.4. The van der Waals surface area contributed by atoms with E-state index in [0.717, 1.165) is 0 Å². The average molecular weight is 372 g/mol. The van der Waals surface area contributed by atoms with Gasteiger partial charge in [-0.3, -0.25) is 14.9 Å². The fourth-order valence-electron chi connectivity index (χ4n) is 2.47. The molecule has 0 radical (unpaired) electrons. The number of benzene rings is 2. The highest BCUT2D eigenvalue weighted by Crippen LogP contribution is 2.27. The Morgan fingerprint density at radius 1 is 1.11 bits per heavy atom. The van der Waals surface area contributed by atoms with Crippen molar-refractivity contribution in [3.05, 3.63) is 58.1 Å². The van der Waals surface area contributed by atoms with Crippen LogP contribution >= 0.6 is 0 Å². The molecule has 0 aliphatic carbocycles. The summed E-state index contributed by atoms with van der Waals surface area (Å²) < 4.78 is 0. The monoisotopic (exact) mass is 372 g/mol. The Bertz CT molecular complexity index is 791. The van der Waals surface area contributed by atoms with Gasteiger partial charge < -0.3 is 21.1 Å². The summed E-state index contributed by atoms with van der Waals surface area (Å²) in [5, 5.41) is 28.6. The number of nitrogens with one attached hydrogen (secondary N) is 3. The van der Waals surface area contributed by atoms with Crippen LogP contribution in [0, 0.1) is 10.1 Å². The topological polar surface area (TPSA) is 117 Å². The van der Waals surface area contributed by atoms with Crippen molar-refractivity contribution in [3.8, 4) is 0 Å². The van der Waals surface area contributed by atoms with E-state index in [0.29, 0.717) is 29.5 Å². The van der Waals surface area contributed by atoms with Gasteiger partial charge in [0, 0.05) is 24.4 Å². The molecule has 2 aromatic rings. The van der Waals surface area contributed by atoms with Gasteiger partial charge in [-0.1, -0.05) is 26.0 Å². The molecule has 8 heteroatoms. The van der Waals surface area contributed by atoms with Gasteiger partial charge in [0.25, 0.3) is 5.69 Å². The number of aliphatic hydroxyl groups excluding tert-OH is 1. The molecule has 2 aromatic carbocycles. The molecule has 0 atom stereocenters. The van der Waals surface area contributed by atoms with Crippen LogP contribution in [0.5, 0.6) is 0 Å². The number of anilines is 3. The van der Waals surface area contributed by atoms with Crippen LogP contribution in [0.1, 0.15) is 25.3 Å². The van der Waals surface area contributed by atoms with Gasteiger partial charge in [-0.25, -0.2) is 0 Å². The first kappa shape index (κ1) is 20.2. The fourth-order valence-corrected chi connectivity index (χ4v) is 2.47. The van der Waals surface area contributed by atoms with E-state index in [1.807, 2.05) is 24.3 Å². The average Bonchev–Trinajstić information content (AvgIpc) is 2.65. The molecule has 1 amide bonds. The summed E-state index contributed by atoms with van der Waals surface area (Å²) >= 11 is 0. The largest absolute Gasteiger partial charge is 0.395 e. The van der Waals surface area contributed by atoms with Crippen molar-refractivity contribution in [2.24, 2.45) is 0 Å². The Labute approximate surface area is 157 Å². The number of hydrogen-bond acceptors (Lipinski definition) is 6. The van der Waals surface area contributed by atoms with Crippen LogP contribution in [0.15, 0.2) is 42.5 Å². The van der Waals surface area contributed by atoms with Gasteiger partial charge in [0.2, 0.25) is 5.91 Å². The number of amides is 1. The maximum Gasteiger partial charge on any atom is 0.271 e. The van der Waals surface area contributed by atoms with Gasteiger partial charge in [-0.15, -0.1) is 0 Å². The highest BCUT2D eigenvalue weighted by atomic mass is 16.6. The quantitative estimate of drug-likeness (QED) is 0.397. The molecule has 0 spiro atoms. The third kappa shape index (κ3) is 5.96. The van der Waals surface area contributed by atoms with Crippen LogP contribution in [-0.4, -0.2) is 35.6 Å². The molecule has 27 heavy (non-hydrogen) atoms. The lowest BCUT2D eigenvalue weighted by atomic mass is 10.0. The van der Waals surface area contributed by atoms with E-state index in [1.54, 1.807) is 6.07 Å². The van der Waals surface area contributed by atoms with E-state index in [4.69, 9.17) is 5.11 Å². The predicted molar refractivity (Wildman–Crippen MR) is 106 cm³/mol. The van der Waals surface area contributed by atoms with Crippen LogP contribution in [0.2, 0.25) is 0 Å². The molecule has 0 heterocycles. The first-order valence-electron chi connectivity index (χ1n) is 8.67. The number of nitrogens with zero attached hydrogens (tertiary/aromatic N) is 1. The van der Waals surface area contributed by atoms with Gasteiger partial charge in [-0.2, -0.15) is 0 Å². The molecule has 0 aliphatic rings. The van der Waals surface area contributed by atoms with Crippen LogP contribution in [0.4, 0.5) is 22.7 Å². The van der Waals surface area contributed by atoms with Crippen molar-refractivity contribution in [1.82, 2.24) is 0 Å². The maximum atomic E-state index is 12.2. The lowest BCUT2D eigenvalue weighted by Gasteiger charge is -2.13. The Morgan fingerprint density at radius 2 is 1.81 bits per heavy atom. The number of rotatable bonds is 9. The molecule has 144 valence electrons. The van der Waals surface area contributed by atoms with E-state index in [2.05, 4.69) is 29.8 Å². The molecule has 0 aliphatic heterocycles. The predicted octanol–water partition coefficient (Wildman–Crippen LogP) is 3.17. The molecule has 0 bridgehead atoms. The number of carbonyl (C=O) groups is 1. The smallest absolute Gasteiger partial charge is 0.271 e. The third-order valence-electron chi connectivity index (χ3n) is 3.94. The van der Waals surface area contributed by atoms with Crippen molar-refractivity contribution < 1.29 is 14.8 Å². The van der Waals surface area contributed by atoms with Crippen LogP contribution in [-0.2, 0) is 4.79 Å². The molecular weight excluding hydrogens is 348 g/mol. The zero-order valence-corrected chi connectivity index (χ0v) is 15.4. The molecule has 2 rings (SSSR count). The highest BCUT2D eigenvalue weighted by Gasteiger charge is 2.12. The van der Waals surface area contributed by atoms with Crippen LogP contribution in [0.3, 0.4) is 0 Å². The number of aliphatic hydroxyl groups is 1. The van der Waals surface area contributed by atoms with Crippen molar-refractivity contribution >= 4 is 28.7 Å². The standard InChI is InChI=1S/C19H24N4O4/c1-13(2)14-3-5-15(6-4-14)22-19(25)12-21-18-11-16(23(26)27)7-8-17(18)20-9-10-24/h3-8,11,13,20-21,24H,9-10,12H2,1-2H3,(H,22,25). The van der Waals surface area contributed by atoms with E-state index in [1.165, 1.54) is 17.7 Å². The second-order valence-electron chi connectivity index (χ2n) is 6.32. The van der Waals surface area contributed by atoms with Gasteiger partial charge in [-0.05, 0) is 29.7 Å². The fraction of sp³-hybridized carbons (Fsp3) is 0.316. The van der Waals surface area contributed by atoms with Gasteiger partial charge in [0.05, 0.1) is 29.4 Å². The Morgan fingerprint density at radius 3 is 2.41 bits per heavy atom. The molecule has 0 fully saturated rings. The number of nitro groups is 1. The molecule has 4 N–H and O–H groups in total. The summed E-state index contributed by atoms with van der Waals surface area (Å²) in [6, 6.07) is 11.9. The van der Waals surface area contributed by atoms with Crippen molar-refractivity contribution in [2.45, 2.75) is 19.8 Å². The van der Waals surface area contributed by atoms with Crippen LogP contribution in [0.25, 0.3) is 0 Å². The summed E-state index contributed by atoms with van der Waals surface area (Å²) in [5.41, 5.74) is 2.77. The third-order valence-corrected chi connectivity index (χ3v) is 3.94. The van der Waals surface area contributed by atoms with Crippen molar-refractivity contribution in [1.29, 1.82) is 0 Å². The summed E-state index contributed by atoms with van der Waals surface area (Å²) in [5.74, 6) is 0.141. The minimum Gasteiger partial charge on any atom is -0.395 e. The molecule has 0 aromatic heterocycles. The lowest BCUT2D eigenvalue weighted by molar-refractivity contribution is -0.384. The molecular formula is C19H24N4O4. The van der Waals surface area contributed by atoms with E-state index < -0.39 is 4.92 Å². The Hall–Kier alpha value is -3.13. The van der Waals surface area contributed by atoms with Gasteiger partial charge in [0.1, 0.15) is 0 Å². The molecule has 0 saturated heterocycles. The minimum absolute atomic E-state index is 0.0547. The molecule has 0 unspecified atom stereocenters. The van der Waals surface area contributed by atoms with Crippen molar-refractivity contribution in [3.63, 3.8) is 0 Å². The first-order chi connectivity index (χ1) is 12.9. The normalized spacial score (nSPS) is 10.5. The Kier molecular flexibility index (Phi) is 7.13. The van der Waals surface area contributed by atoms with E-state index >= 15 is 0 Å². The molecule has 0 saturated carbocycles. The number of carbonyl (C=O) groups excluding carboxylic acids is 1. The maximum absolute atomic E-state index is 12.2. The summed E-state index contributed by atoms with van der Waals surface area (Å²) in [7, 11) is 0. The number of nitro benzene ring substituents is 1. The summed E-state index contributed by atoms with van der Waals surface area (Å²) in [4.78, 5) is 22.6. The minimum atomic E-state index is -0.503.